The molecule has 0 spiro atoms. The normalized spacial score (nSPS) is 18.7. The van der Waals surface area contributed by atoms with Crippen LogP contribution in [0.4, 0.5) is 10.5 Å². The Balaban J connectivity index is 1.56. The molecule has 0 saturated carbocycles. The molecule has 5 nitrogen and oxygen atoms in total. The van der Waals surface area contributed by atoms with Crippen molar-refractivity contribution in [3.63, 3.8) is 0 Å². The number of nitrogens with one attached hydrogen (secondary N) is 1. The summed E-state index contributed by atoms with van der Waals surface area (Å²) in [5.74, 6) is 0.471. The fourth-order valence-corrected chi connectivity index (χ4v) is 3.51. The van der Waals surface area contributed by atoms with Crippen LogP contribution in [0.15, 0.2) is 42.7 Å². The van der Waals surface area contributed by atoms with E-state index >= 15 is 0 Å². The number of hydrogen-bond donors (Lipinski definition) is 1. The van der Waals surface area contributed by atoms with Gasteiger partial charge >= 0.3 is 6.03 Å². The fraction of sp³-hybridized carbons (Fsp3) is 0.278. The smallest absolute Gasteiger partial charge is 0.322 e. The molecule has 1 aromatic heterocycles. The van der Waals surface area contributed by atoms with E-state index in [1.807, 2.05) is 30.3 Å². The standard InChI is InChI=1S/C18H17N3O2/c22-16-7-6-13-11-21(15-5-1-4-14(16)17(13)15)18(23)20-10-12-3-2-8-19-9-12/h1-5,8-9,13H,6-7,10-11H2,(H,20,23). The van der Waals surface area contributed by atoms with E-state index in [9.17, 15) is 9.59 Å². The summed E-state index contributed by atoms with van der Waals surface area (Å²) in [6.07, 6.45) is 4.86. The summed E-state index contributed by atoms with van der Waals surface area (Å²) in [6, 6.07) is 9.33. The molecule has 0 fully saturated rings. The van der Waals surface area contributed by atoms with Crippen LogP contribution in [0.5, 0.6) is 0 Å². The van der Waals surface area contributed by atoms with Crippen molar-refractivity contribution in [2.75, 3.05) is 11.4 Å². The average Bonchev–Trinajstić information content (AvgIpc) is 2.97. The second-order valence-corrected chi connectivity index (χ2v) is 6.03. The molecule has 0 radical (unpaired) electrons. The Kier molecular flexibility index (Phi) is 3.33. The fourth-order valence-electron chi connectivity index (χ4n) is 3.51. The molecule has 1 N–H and O–H groups in total. The highest BCUT2D eigenvalue weighted by molar-refractivity contribution is 6.04. The van der Waals surface area contributed by atoms with Gasteiger partial charge in [-0.3, -0.25) is 14.7 Å². The molecular weight excluding hydrogens is 290 g/mol. The maximum atomic E-state index is 12.6. The summed E-state index contributed by atoms with van der Waals surface area (Å²) in [6.45, 7) is 1.10. The number of hydrogen-bond acceptors (Lipinski definition) is 3. The third-order valence-electron chi connectivity index (χ3n) is 4.62. The van der Waals surface area contributed by atoms with Gasteiger partial charge in [-0.15, -0.1) is 0 Å². The number of nitrogens with zero attached hydrogens (tertiary/aromatic N) is 2. The van der Waals surface area contributed by atoms with Gasteiger partial charge in [0.05, 0.1) is 0 Å². The predicted molar refractivity (Wildman–Crippen MR) is 86.6 cm³/mol. The van der Waals surface area contributed by atoms with Crippen molar-refractivity contribution in [3.05, 3.63) is 59.4 Å². The van der Waals surface area contributed by atoms with Crippen molar-refractivity contribution < 1.29 is 9.59 Å². The van der Waals surface area contributed by atoms with E-state index in [1.54, 1.807) is 17.3 Å². The average molecular weight is 307 g/mol. The number of pyridine rings is 1. The molecule has 1 aliphatic heterocycles. The van der Waals surface area contributed by atoms with E-state index in [-0.39, 0.29) is 17.7 Å². The molecule has 5 heteroatoms. The molecule has 1 unspecified atom stereocenters. The Morgan fingerprint density at radius 2 is 2.22 bits per heavy atom. The van der Waals surface area contributed by atoms with Gasteiger partial charge in [0.25, 0.3) is 0 Å². The minimum atomic E-state index is -0.121. The Morgan fingerprint density at radius 1 is 1.30 bits per heavy atom. The number of Topliss-reactive ketones (excluding diaryl/α,β-unsaturated/α-hetero) is 1. The maximum absolute atomic E-state index is 12.6. The topological polar surface area (TPSA) is 62.3 Å². The molecule has 23 heavy (non-hydrogen) atoms. The number of aromatic nitrogens is 1. The van der Waals surface area contributed by atoms with E-state index in [1.165, 1.54) is 0 Å². The van der Waals surface area contributed by atoms with E-state index in [2.05, 4.69) is 10.3 Å². The zero-order valence-electron chi connectivity index (χ0n) is 12.7. The van der Waals surface area contributed by atoms with Gasteiger partial charge in [0.2, 0.25) is 0 Å². The molecule has 4 rings (SSSR count). The van der Waals surface area contributed by atoms with E-state index in [0.29, 0.717) is 19.5 Å². The zero-order valence-corrected chi connectivity index (χ0v) is 12.7. The first-order valence-corrected chi connectivity index (χ1v) is 7.84. The van der Waals surface area contributed by atoms with Gasteiger partial charge in [-0.1, -0.05) is 18.2 Å². The van der Waals surface area contributed by atoms with E-state index < -0.39 is 0 Å². The Labute approximate surface area is 134 Å². The molecule has 1 aromatic carbocycles. The molecule has 2 heterocycles. The van der Waals surface area contributed by atoms with Crippen LogP contribution in [0.1, 0.15) is 40.2 Å². The first-order chi connectivity index (χ1) is 11.2. The molecular formula is C18H17N3O2. The summed E-state index contributed by atoms with van der Waals surface area (Å²) in [4.78, 5) is 30.4. The van der Waals surface area contributed by atoms with Gasteiger partial charge in [0, 0.05) is 49.1 Å². The molecule has 2 aromatic rings. The number of ketones is 1. The van der Waals surface area contributed by atoms with Crippen LogP contribution in [-0.2, 0) is 6.54 Å². The lowest BCUT2D eigenvalue weighted by Crippen LogP contribution is -2.39. The summed E-state index contributed by atoms with van der Waals surface area (Å²) in [5.41, 5.74) is 3.69. The van der Waals surface area contributed by atoms with Crippen molar-refractivity contribution >= 4 is 17.5 Å². The molecule has 1 atom stereocenters. The van der Waals surface area contributed by atoms with E-state index in [0.717, 1.165) is 28.8 Å². The molecule has 0 bridgehead atoms. The highest BCUT2D eigenvalue weighted by atomic mass is 16.2. The van der Waals surface area contributed by atoms with Crippen molar-refractivity contribution in [3.8, 4) is 0 Å². The Morgan fingerprint density at radius 3 is 3.04 bits per heavy atom. The van der Waals surface area contributed by atoms with Crippen molar-refractivity contribution in [1.82, 2.24) is 10.3 Å². The van der Waals surface area contributed by atoms with Gasteiger partial charge in [-0.05, 0) is 29.7 Å². The van der Waals surface area contributed by atoms with Crippen LogP contribution in [0, 0.1) is 0 Å². The SMILES string of the molecule is O=C1CCC2CN(C(=O)NCc3cccnc3)c3cccc1c32. The van der Waals surface area contributed by atoms with Gasteiger partial charge in [-0.25, -0.2) is 4.79 Å². The second kappa shape index (κ2) is 5.50. The quantitative estimate of drug-likeness (QED) is 0.928. The molecule has 2 amide bonds. The number of urea groups is 1. The number of anilines is 1. The Bertz CT molecular complexity index is 773. The minimum Gasteiger partial charge on any atom is -0.334 e. The lowest BCUT2D eigenvalue weighted by molar-refractivity contribution is 0.0968. The first-order valence-electron chi connectivity index (χ1n) is 7.84. The van der Waals surface area contributed by atoms with Gasteiger partial charge < -0.3 is 5.32 Å². The number of carbonyl (C=O) groups is 2. The van der Waals surface area contributed by atoms with Gasteiger partial charge in [0.15, 0.2) is 5.78 Å². The molecule has 1 aliphatic carbocycles. The largest absolute Gasteiger partial charge is 0.334 e. The van der Waals surface area contributed by atoms with Crippen molar-refractivity contribution in [1.29, 1.82) is 0 Å². The lowest BCUT2D eigenvalue weighted by atomic mass is 9.83. The van der Waals surface area contributed by atoms with Gasteiger partial charge in [-0.2, -0.15) is 0 Å². The van der Waals surface area contributed by atoms with Crippen molar-refractivity contribution in [2.45, 2.75) is 25.3 Å². The van der Waals surface area contributed by atoms with Crippen molar-refractivity contribution in [2.24, 2.45) is 0 Å². The monoisotopic (exact) mass is 307 g/mol. The third kappa shape index (κ3) is 2.38. The van der Waals surface area contributed by atoms with Crippen LogP contribution in [0.2, 0.25) is 0 Å². The van der Waals surface area contributed by atoms with Crippen LogP contribution in [0.25, 0.3) is 0 Å². The molecule has 2 aliphatic rings. The third-order valence-corrected chi connectivity index (χ3v) is 4.62. The first kappa shape index (κ1) is 13.9. The molecule has 116 valence electrons. The number of benzene rings is 1. The highest BCUT2D eigenvalue weighted by Gasteiger charge is 2.38. The predicted octanol–water partition coefficient (Wildman–Crippen LogP) is 2.87. The highest BCUT2D eigenvalue weighted by Crippen LogP contribution is 2.44. The van der Waals surface area contributed by atoms with Crippen LogP contribution >= 0.6 is 0 Å². The number of carbonyl (C=O) groups excluding carboxylic acids is 2. The number of amides is 2. The minimum absolute atomic E-state index is 0.121. The second-order valence-electron chi connectivity index (χ2n) is 6.03. The van der Waals surface area contributed by atoms with Crippen LogP contribution in [-0.4, -0.2) is 23.3 Å². The summed E-state index contributed by atoms with van der Waals surface area (Å²) in [7, 11) is 0. The summed E-state index contributed by atoms with van der Waals surface area (Å²) < 4.78 is 0. The summed E-state index contributed by atoms with van der Waals surface area (Å²) in [5, 5.41) is 2.94. The molecule has 0 saturated heterocycles. The van der Waals surface area contributed by atoms with Crippen LogP contribution < -0.4 is 10.2 Å². The number of rotatable bonds is 2. The maximum Gasteiger partial charge on any atom is 0.322 e. The van der Waals surface area contributed by atoms with Gasteiger partial charge in [0.1, 0.15) is 0 Å². The lowest BCUT2D eigenvalue weighted by Gasteiger charge is -2.18. The zero-order chi connectivity index (χ0) is 15.8. The van der Waals surface area contributed by atoms with Crippen LogP contribution in [0.3, 0.4) is 0 Å². The Hall–Kier alpha value is -2.69. The van der Waals surface area contributed by atoms with E-state index in [4.69, 9.17) is 0 Å². The summed E-state index contributed by atoms with van der Waals surface area (Å²) >= 11 is 0.